The van der Waals surface area contributed by atoms with Gasteiger partial charge < -0.3 is 5.11 Å². The molecule has 0 heterocycles. The van der Waals surface area contributed by atoms with Crippen LogP contribution in [0, 0.1) is 11.8 Å². The predicted molar refractivity (Wildman–Crippen MR) is 96.9 cm³/mol. The van der Waals surface area contributed by atoms with Crippen LogP contribution in [-0.2, 0) is 6.54 Å². The highest BCUT2D eigenvalue weighted by molar-refractivity contribution is 5.87. The summed E-state index contributed by atoms with van der Waals surface area (Å²) in [6.45, 7) is 5.80. The van der Waals surface area contributed by atoms with Crippen LogP contribution in [0.25, 0.3) is 0 Å². The number of carbonyl (C=O) groups is 1. The second-order valence-corrected chi connectivity index (χ2v) is 5.83. The monoisotopic (exact) mass is 321 g/mol. The maximum absolute atomic E-state index is 10.9. The van der Waals surface area contributed by atoms with Gasteiger partial charge in [-0.2, -0.15) is 0 Å². The van der Waals surface area contributed by atoms with Crippen LogP contribution in [0.3, 0.4) is 0 Å². The average Bonchev–Trinajstić information content (AvgIpc) is 2.61. The topological polar surface area (TPSA) is 40.5 Å². The van der Waals surface area contributed by atoms with Crippen molar-refractivity contribution in [2.24, 2.45) is 0 Å². The van der Waals surface area contributed by atoms with Crippen LogP contribution in [0.5, 0.6) is 0 Å². The first-order chi connectivity index (χ1) is 11.6. The molecule has 2 aromatic carbocycles. The molecule has 1 atom stereocenters. The molecule has 0 aliphatic rings. The van der Waals surface area contributed by atoms with E-state index in [0.717, 1.165) is 24.1 Å². The van der Waals surface area contributed by atoms with E-state index < -0.39 is 5.97 Å². The molecule has 0 unspecified atom stereocenters. The molecule has 0 aliphatic heterocycles. The van der Waals surface area contributed by atoms with Gasteiger partial charge in [0.2, 0.25) is 0 Å². The first kappa shape index (κ1) is 17.8. The Morgan fingerprint density at radius 2 is 1.79 bits per heavy atom. The van der Waals surface area contributed by atoms with Gasteiger partial charge in [0.05, 0.1) is 12.1 Å². The summed E-state index contributed by atoms with van der Waals surface area (Å²) in [5.41, 5.74) is 2.44. The van der Waals surface area contributed by atoms with Crippen LogP contribution >= 0.6 is 0 Å². The minimum Gasteiger partial charge on any atom is -0.478 e. The summed E-state index contributed by atoms with van der Waals surface area (Å²) >= 11 is 0. The predicted octanol–water partition coefficient (Wildman–Crippen LogP) is 4.04. The van der Waals surface area contributed by atoms with Crippen molar-refractivity contribution in [1.82, 2.24) is 4.90 Å². The van der Waals surface area contributed by atoms with E-state index in [0.29, 0.717) is 18.2 Å². The minimum absolute atomic E-state index is 0.317. The smallest absolute Gasteiger partial charge is 0.335 e. The van der Waals surface area contributed by atoms with Crippen molar-refractivity contribution in [1.29, 1.82) is 0 Å². The molecule has 3 heteroatoms. The Bertz CT molecular complexity index is 711. The molecule has 0 spiro atoms. The van der Waals surface area contributed by atoms with Crippen LogP contribution in [0.4, 0.5) is 0 Å². The number of rotatable bonds is 6. The largest absolute Gasteiger partial charge is 0.478 e. The highest BCUT2D eigenvalue weighted by Gasteiger charge is 2.12. The second kappa shape index (κ2) is 8.90. The van der Waals surface area contributed by atoms with E-state index in [2.05, 4.69) is 30.6 Å². The molecule has 0 saturated heterocycles. The summed E-state index contributed by atoms with van der Waals surface area (Å²) < 4.78 is 0. The third-order valence-electron chi connectivity index (χ3n) is 4.09. The lowest BCUT2D eigenvalue weighted by atomic mass is 10.1. The van der Waals surface area contributed by atoms with Gasteiger partial charge in [0.1, 0.15) is 0 Å². The highest BCUT2D eigenvalue weighted by Crippen LogP contribution is 2.12. The molecule has 0 radical (unpaired) electrons. The van der Waals surface area contributed by atoms with E-state index >= 15 is 0 Å². The maximum atomic E-state index is 10.9. The number of benzene rings is 2. The van der Waals surface area contributed by atoms with Crippen LogP contribution in [0.2, 0.25) is 0 Å². The summed E-state index contributed by atoms with van der Waals surface area (Å²) in [5.74, 6) is 5.55. The fourth-order valence-electron chi connectivity index (χ4n) is 2.38. The Labute approximate surface area is 143 Å². The summed E-state index contributed by atoms with van der Waals surface area (Å²) in [6.07, 6.45) is 1.04. The normalized spacial score (nSPS) is 11.6. The third kappa shape index (κ3) is 5.26. The summed E-state index contributed by atoms with van der Waals surface area (Å²) in [6, 6.07) is 17.4. The molecule has 3 nitrogen and oxygen atoms in total. The Morgan fingerprint density at radius 1 is 1.12 bits per heavy atom. The van der Waals surface area contributed by atoms with Crippen LogP contribution in [0.15, 0.2) is 54.6 Å². The van der Waals surface area contributed by atoms with Gasteiger partial charge in [-0.05, 0) is 43.2 Å². The first-order valence-corrected chi connectivity index (χ1v) is 8.20. The van der Waals surface area contributed by atoms with Gasteiger partial charge >= 0.3 is 5.97 Å². The molecular weight excluding hydrogens is 298 g/mol. The van der Waals surface area contributed by atoms with E-state index in [9.17, 15) is 4.79 Å². The molecule has 0 fully saturated rings. The van der Waals surface area contributed by atoms with Gasteiger partial charge in [0.25, 0.3) is 0 Å². The molecule has 0 aromatic heterocycles. The molecule has 0 saturated carbocycles. The standard InChI is InChI=1S/C21H23NO2/c1-3-17(2)22(15-7-10-18-8-5-4-6-9-18)16-19-11-13-20(14-12-19)21(23)24/h4-6,8-9,11-14,17H,3,15-16H2,1-2H3,(H,23,24)/t17-/m1/s1. The minimum atomic E-state index is -0.894. The number of hydrogen-bond donors (Lipinski definition) is 1. The number of hydrogen-bond acceptors (Lipinski definition) is 2. The van der Waals surface area contributed by atoms with Crippen molar-refractivity contribution in [2.75, 3.05) is 6.54 Å². The second-order valence-electron chi connectivity index (χ2n) is 5.83. The highest BCUT2D eigenvalue weighted by atomic mass is 16.4. The van der Waals surface area contributed by atoms with Crippen LogP contribution in [-0.4, -0.2) is 28.6 Å². The summed E-state index contributed by atoms with van der Waals surface area (Å²) in [7, 11) is 0. The third-order valence-corrected chi connectivity index (χ3v) is 4.09. The number of nitrogens with zero attached hydrogens (tertiary/aromatic N) is 1. The van der Waals surface area contributed by atoms with E-state index in [-0.39, 0.29) is 0 Å². The van der Waals surface area contributed by atoms with Gasteiger partial charge in [-0.25, -0.2) is 4.79 Å². The van der Waals surface area contributed by atoms with Gasteiger partial charge in [0.15, 0.2) is 0 Å². The van der Waals surface area contributed by atoms with E-state index in [1.165, 1.54) is 0 Å². The van der Waals surface area contributed by atoms with Crippen molar-refractivity contribution in [3.63, 3.8) is 0 Å². The van der Waals surface area contributed by atoms with E-state index in [1.54, 1.807) is 12.1 Å². The van der Waals surface area contributed by atoms with E-state index in [4.69, 9.17) is 5.11 Å². The molecule has 2 rings (SSSR count). The van der Waals surface area contributed by atoms with Crippen molar-refractivity contribution in [2.45, 2.75) is 32.9 Å². The van der Waals surface area contributed by atoms with Crippen LogP contribution in [0.1, 0.15) is 41.8 Å². The SMILES string of the molecule is CC[C@@H](C)N(CC#Cc1ccccc1)Cc1ccc(C(=O)O)cc1. The Morgan fingerprint density at radius 3 is 2.38 bits per heavy atom. The lowest BCUT2D eigenvalue weighted by Crippen LogP contribution is -2.32. The van der Waals surface area contributed by atoms with Gasteiger partial charge in [-0.3, -0.25) is 4.90 Å². The molecular formula is C21H23NO2. The molecule has 1 N–H and O–H groups in total. The Kier molecular flexibility index (Phi) is 6.60. The summed E-state index contributed by atoms with van der Waals surface area (Å²) in [5, 5.41) is 8.98. The maximum Gasteiger partial charge on any atom is 0.335 e. The fraction of sp³-hybridized carbons (Fsp3) is 0.286. The zero-order valence-electron chi connectivity index (χ0n) is 14.2. The summed E-state index contributed by atoms with van der Waals surface area (Å²) in [4.78, 5) is 13.2. The Hall–Kier alpha value is -2.57. The molecule has 0 aliphatic carbocycles. The lowest BCUT2D eigenvalue weighted by molar-refractivity contribution is 0.0697. The lowest BCUT2D eigenvalue weighted by Gasteiger charge is -2.26. The van der Waals surface area contributed by atoms with Gasteiger partial charge in [-0.15, -0.1) is 0 Å². The average molecular weight is 321 g/mol. The van der Waals surface area contributed by atoms with Gasteiger partial charge in [-0.1, -0.05) is 49.1 Å². The van der Waals surface area contributed by atoms with Crippen LogP contribution < -0.4 is 0 Å². The molecule has 0 bridgehead atoms. The zero-order chi connectivity index (χ0) is 17.4. The van der Waals surface area contributed by atoms with Crippen molar-refractivity contribution in [3.05, 3.63) is 71.3 Å². The zero-order valence-corrected chi connectivity index (χ0v) is 14.2. The fourth-order valence-corrected chi connectivity index (χ4v) is 2.38. The molecule has 2 aromatic rings. The molecule has 124 valence electrons. The van der Waals surface area contributed by atoms with Gasteiger partial charge in [0, 0.05) is 18.2 Å². The van der Waals surface area contributed by atoms with E-state index in [1.807, 2.05) is 42.5 Å². The van der Waals surface area contributed by atoms with Crippen molar-refractivity contribution in [3.8, 4) is 11.8 Å². The number of carboxylic acids is 1. The Balaban J connectivity index is 2.05. The molecule has 0 amide bonds. The first-order valence-electron chi connectivity index (χ1n) is 8.20. The van der Waals surface area contributed by atoms with Crippen molar-refractivity contribution >= 4 is 5.97 Å². The number of aromatic carboxylic acids is 1. The number of carboxylic acid groups (broad SMARTS) is 1. The van der Waals surface area contributed by atoms with Crippen molar-refractivity contribution < 1.29 is 9.90 Å². The quantitative estimate of drug-likeness (QED) is 0.816. The molecule has 24 heavy (non-hydrogen) atoms.